The lowest BCUT2D eigenvalue weighted by atomic mass is 10.1. The average molecular weight is 434 g/mol. The van der Waals surface area contributed by atoms with E-state index < -0.39 is 0 Å². The third-order valence-electron chi connectivity index (χ3n) is 4.18. The summed E-state index contributed by atoms with van der Waals surface area (Å²) in [6, 6.07) is 5.86. The largest absolute Gasteiger partial charge is 0.357 e. The quantitative estimate of drug-likeness (QED) is 0.426. The molecule has 1 aromatic rings. The molecule has 23 heavy (non-hydrogen) atoms. The lowest BCUT2D eigenvalue weighted by Crippen LogP contribution is -2.44. The molecule has 0 saturated carbocycles. The highest BCUT2D eigenvalue weighted by Gasteiger charge is 2.20. The van der Waals surface area contributed by atoms with E-state index in [9.17, 15) is 4.39 Å². The van der Waals surface area contributed by atoms with Crippen LogP contribution in [0, 0.1) is 12.7 Å². The summed E-state index contributed by atoms with van der Waals surface area (Å²) in [5, 5.41) is 6.64. The van der Waals surface area contributed by atoms with Gasteiger partial charge < -0.3 is 15.5 Å². The highest BCUT2D eigenvalue weighted by atomic mass is 127. The van der Waals surface area contributed by atoms with E-state index in [1.807, 2.05) is 13.0 Å². The molecule has 1 unspecified atom stereocenters. The summed E-state index contributed by atoms with van der Waals surface area (Å²) < 4.78 is 13.6. The molecule has 0 amide bonds. The van der Waals surface area contributed by atoms with Gasteiger partial charge in [0.2, 0.25) is 0 Å². The lowest BCUT2D eigenvalue weighted by molar-refractivity contribution is 0.309. The molecule has 1 fully saturated rings. The van der Waals surface area contributed by atoms with Gasteiger partial charge in [0.1, 0.15) is 5.82 Å². The Kier molecular flexibility index (Phi) is 8.83. The first-order chi connectivity index (χ1) is 10.6. The summed E-state index contributed by atoms with van der Waals surface area (Å²) in [6.07, 6.45) is 2.49. The van der Waals surface area contributed by atoms with E-state index in [-0.39, 0.29) is 29.8 Å². The molecule has 1 saturated heterocycles. The second-order valence-electron chi connectivity index (χ2n) is 5.94. The maximum atomic E-state index is 13.6. The number of hydrogen-bond acceptors (Lipinski definition) is 2. The number of nitrogens with zero attached hydrogens (tertiary/aromatic N) is 2. The molecule has 0 bridgehead atoms. The minimum Gasteiger partial charge on any atom is -0.357 e. The van der Waals surface area contributed by atoms with Crippen LogP contribution in [-0.4, -0.2) is 43.6 Å². The van der Waals surface area contributed by atoms with Crippen LogP contribution in [-0.2, 0) is 6.54 Å². The minimum atomic E-state index is -0.168. The third-order valence-corrected chi connectivity index (χ3v) is 4.18. The van der Waals surface area contributed by atoms with Gasteiger partial charge in [-0.15, -0.1) is 24.0 Å². The zero-order valence-electron chi connectivity index (χ0n) is 14.2. The number of aryl methyl sites for hydroxylation is 1. The monoisotopic (exact) mass is 434 g/mol. The summed E-state index contributed by atoms with van der Waals surface area (Å²) >= 11 is 0. The Hall–Kier alpha value is -0.890. The zero-order chi connectivity index (χ0) is 15.9. The Morgan fingerprint density at radius 2 is 2.17 bits per heavy atom. The zero-order valence-corrected chi connectivity index (χ0v) is 16.6. The Labute approximate surface area is 156 Å². The molecule has 0 radical (unpaired) electrons. The summed E-state index contributed by atoms with van der Waals surface area (Å²) in [5.41, 5.74) is 1.56. The van der Waals surface area contributed by atoms with E-state index in [2.05, 4.69) is 27.6 Å². The van der Waals surface area contributed by atoms with E-state index >= 15 is 0 Å². The van der Waals surface area contributed by atoms with Crippen LogP contribution in [0.5, 0.6) is 0 Å². The van der Waals surface area contributed by atoms with Gasteiger partial charge in [0.15, 0.2) is 5.96 Å². The van der Waals surface area contributed by atoms with Crippen molar-refractivity contribution < 1.29 is 4.39 Å². The van der Waals surface area contributed by atoms with Gasteiger partial charge in [-0.1, -0.05) is 12.1 Å². The van der Waals surface area contributed by atoms with Crippen LogP contribution >= 0.6 is 24.0 Å². The van der Waals surface area contributed by atoms with Gasteiger partial charge in [0.25, 0.3) is 0 Å². The number of nitrogens with one attached hydrogen (secondary N) is 2. The van der Waals surface area contributed by atoms with Gasteiger partial charge in [-0.2, -0.15) is 0 Å². The third kappa shape index (κ3) is 6.25. The first kappa shape index (κ1) is 20.2. The van der Waals surface area contributed by atoms with Crippen molar-refractivity contribution >= 4 is 29.9 Å². The summed E-state index contributed by atoms with van der Waals surface area (Å²) in [6.45, 7) is 7.17. The molecule has 1 aromatic carbocycles. The van der Waals surface area contributed by atoms with Crippen LogP contribution in [0.3, 0.4) is 0 Å². The number of aliphatic imine (C=N–C) groups is 1. The van der Waals surface area contributed by atoms with Gasteiger partial charge in [-0.3, -0.25) is 0 Å². The van der Waals surface area contributed by atoms with Crippen LogP contribution in [0.25, 0.3) is 0 Å². The predicted octanol–water partition coefficient (Wildman–Crippen LogP) is 2.90. The molecule has 1 aliphatic heterocycles. The van der Waals surface area contributed by atoms with Crippen LogP contribution < -0.4 is 10.6 Å². The van der Waals surface area contributed by atoms with Crippen molar-refractivity contribution in [1.29, 1.82) is 0 Å². The molecule has 1 heterocycles. The second-order valence-corrected chi connectivity index (χ2v) is 5.94. The smallest absolute Gasteiger partial charge is 0.191 e. The summed E-state index contributed by atoms with van der Waals surface area (Å²) in [4.78, 5) is 6.93. The van der Waals surface area contributed by atoms with Crippen LogP contribution in [0.2, 0.25) is 0 Å². The normalized spacial score (nSPS) is 18.6. The number of hydrogen-bond donors (Lipinski definition) is 2. The van der Waals surface area contributed by atoms with E-state index in [4.69, 9.17) is 0 Å². The van der Waals surface area contributed by atoms with Gasteiger partial charge >= 0.3 is 0 Å². The minimum absolute atomic E-state index is 0. The lowest BCUT2D eigenvalue weighted by Gasteiger charge is -2.21. The van der Waals surface area contributed by atoms with Crippen molar-refractivity contribution in [2.75, 3.05) is 26.7 Å². The van der Waals surface area contributed by atoms with Crippen LogP contribution in [0.1, 0.15) is 30.9 Å². The van der Waals surface area contributed by atoms with Gasteiger partial charge in [-0.05, 0) is 57.5 Å². The number of likely N-dealkylation sites (N-methyl/N-ethyl adjacent to an activating group) is 1. The standard InChI is InChI=1S/C17H27FN4.HI/c1-4-19-17(21-12-15-6-5-9-22(15)3)20-11-14-8-7-13(2)16(18)10-14;/h7-8,10,15H,4-6,9,11-12H2,1-3H3,(H2,19,20,21);1H. The van der Waals surface area contributed by atoms with E-state index in [1.165, 1.54) is 19.4 Å². The molecule has 2 N–H and O–H groups in total. The average Bonchev–Trinajstić information content (AvgIpc) is 2.91. The van der Waals surface area contributed by atoms with Gasteiger partial charge in [0.05, 0.1) is 6.54 Å². The molecular formula is C17H28FIN4. The number of benzene rings is 1. The maximum absolute atomic E-state index is 13.6. The number of guanidine groups is 1. The second kappa shape index (κ2) is 10.1. The van der Waals surface area contributed by atoms with Crippen molar-refractivity contribution in [3.8, 4) is 0 Å². The van der Waals surface area contributed by atoms with Crippen molar-refractivity contribution in [3.63, 3.8) is 0 Å². The maximum Gasteiger partial charge on any atom is 0.191 e. The molecule has 1 atom stereocenters. The highest BCUT2D eigenvalue weighted by Crippen LogP contribution is 2.13. The number of halogens is 2. The van der Waals surface area contributed by atoms with Gasteiger partial charge in [0, 0.05) is 19.1 Å². The van der Waals surface area contributed by atoms with Crippen molar-refractivity contribution in [1.82, 2.24) is 15.5 Å². The topological polar surface area (TPSA) is 39.7 Å². The summed E-state index contributed by atoms with van der Waals surface area (Å²) in [5.74, 6) is 0.627. The van der Waals surface area contributed by atoms with Gasteiger partial charge in [-0.25, -0.2) is 9.38 Å². The fourth-order valence-electron chi connectivity index (χ4n) is 2.70. The molecule has 4 nitrogen and oxygen atoms in total. The van der Waals surface area contributed by atoms with Crippen LogP contribution in [0.4, 0.5) is 4.39 Å². The first-order valence-electron chi connectivity index (χ1n) is 8.07. The molecule has 2 rings (SSSR count). The highest BCUT2D eigenvalue weighted by molar-refractivity contribution is 14.0. The van der Waals surface area contributed by atoms with Crippen molar-refractivity contribution in [3.05, 3.63) is 35.1 Å². The van der Waals surface area contributed by atoms with Crippen molar-refractivity contribution in [2.45, 2.75) is 39.3 Å². The molecule has 0 aromatic heterocycles. The Morgan fingerprint density at radius 3 is 2.78 bits per heavy atom. The van der Waals surface area contributed by atoms with E-state index in [0.717, 1.165) is 24.6 Å². The molecule has 0 spiro atoms. The molecule has 6 heteroatoms. The summed E-state index contributed by atoms with van der Waals surface area (Å²) in [7, 11) is 2.17. The van der Waals surface area contributed by atoms with Crippen LogP contribution in [0.15, 0.2) is 23.2 Å². The Morgan fingerprint density at radius 1 is 1.39 bits per heavy atom. The van der Waals surface area contributed by atoms with E-state index in [1.54, 1.807) is 19.1 Å². The molecular weight excluding hydrogens is 406 g/mol. The SMILES string of the molecule is CCNC(=NCc1ccc(C)c(F)c1)NCC1CCCN1C.I. The Balaban J connectivity index is 0.00000264. The fourth-order valence-corrected chi connectivity index (χ4v) is 2.70. The first-order valence-corrected chi connectivity index (χ1v) is 8.07. The number of likely N-dealkylation sites (tertiary alicyclic amines) is 1. The molecule has 130 valence electrons. The molecule has 0 aliphatic carbocycles. The predicted molar refractivity (Wildman–Crippen MR) is 105 cm³/mol. The van der Waals surface area contributed by atoms with Crippen molar-refractivity contribution in [2.24, 2.45) is 4.99 Å². The Bertz CT molecular complexity index is 521. The van der Waals surface area contributed by atoms with E-state index in [0.29, 0.717) is 18.2 Å². The fraction of sp³-hybridized carbons (Fsp3) is 0.588. The number of rotatable bonds is 5. The molecule has 1 aliphatic rings.